The van der Waals surface area contributed by atoms with E-state index in [4.69, 9.17) is 9.15 Å². The van der Waals surface area contributed by atoms with Crippen LogP contribution in [0.2, 0.25) is 0 Å². The zero-order chi connectivity index (χ0) is 17.2. The monoisotopic (exact) mass is 353 g/mol. The topological polar surface area (TPSA) is 42.7 Å². The van der Waals surface area contributed by atoms with E-state index in [1.54, 1.807) is 17.6 Å². The first-order chi connectivity index (χ1) is 12.2. The van der Waals surface area contributed by atoms with Gasteiger partial charge in [0.1, 0.15) is 11.5 Å². The zero-order valence-electron chi connectivity index (χ0n) is 14.0. The van der Waals surface area contributed by atoms with Crippen LogP contribution in [0.1, 0.15) is 21.1 Å². The molecule has 0 bridgehead atoms. The van der Waals surface area contributed by atoms with Crippen molar-refractivity contribution in [3.63, 3.8) is 0 Å². The molecule has 0 aliphatic carbocycles. The SMILES string of the molecule is Cc1ccc(CN(Cc2ccco2)C(=O)C2Cc3ccccc3O2)s1. The summed E-state index contributed by atoms with van der Waals surface area (Å²) < 4.78 is 11.3. The van der Waals surface area contributed by atoms with Crippen LogP contribution in [0, 0.1) is 6.92 Å². The van der Waals surface area contributed by atoms with E-state index in [1.807, 2.05) is 41.3 Å². The van der Waals surface area contributed by atoms with Gasteiger partial charge in [-0.1, -0.05) is 18.2 Å². The van der Waals surface area contributed by atoms with E-state index in [0.29, 0.717) is 19.5 Å². The van der Waals surface area contributed by atoms with Crippen molar-refractivity contribution >= 4 is 17.2 Å². The van der Waals surface area contributed by atoms with E-state index in [9.17, 15) is 4.79 Å². The maximum absolute atomic E-state index is 13.1. The van der Waals surface area contributed by atoms with Gasteiger partial charge in [-0.05, 0) is 42.8 Å². The molecule has 1 aromatic carbocycles. The largest absolute Gasteiger partial charge is 0.480 e. The highest BCUT2D eigenvalue weighted by Gasteiger charge is 2.32. The minimum Gasteiger partial charge on any atom is -0.480 e. The van der Waals surface area contributed by atoms with Gasteiger partial charge < -0.3 is 14.1 Å². The van der Waals surface area contributed by atoms with Gasteiger partial charge >= 0.3 is 0 Å². The Morgan fingerprint density at radius 3 is 2.76 bits per heavy atom. The van der Waals surface area contributed by atoms with E-state index in [-0.39, 0.29) is 5.91 Å². The predicted octanol–water partition coefficient (Wildman–Crippen LogP) is 4.18. The summed E-state index contributed by atoms with van der Waals surface area (Å²) in [5, 5.41) is 0. The van der Waals surface area contributed by atoms with Crippen molar-refractivity contribution < 1.29 is 13.9 Å². The molecule has 0 saturated heterocycles. The lowest BCUT2D eigenvalue weighted by Crippen LogP contribution is -2.40. The maximum Gasteiger partial charge on any atom is 0.264 e. The highest BCUT2D eigenvalue weighted by Crippen LogP contribution is 2.30. The van der Waals surface area contributed by atoms with Crippen molar-refractivity contribution in [1.29, 1.82) is 0 Å². The number of para-hydroxylation sites is 1. The van der Waals surface area contributed by atoms with Crippen LogP contribution in [0.15, 0.2) is 59.2 Å². The number of fused-ring (bicyclic) bond motifs is 1. The number of carbonyl (C=O) groups is 1. The molecule has 0 spiro atoms. The summed E-state index contributed by atoms with van der Waals surface area (Å²) in [6, 6.07) is 15.7. The van der Waals surface area contributed by atoms with Crippen LogP contribution >= 0.6 is 11.3 Å². The second kappa shape index (κ2) is 6.76. The Kier molecular flexibility index (Phi) is 4.32. The van der Waals surface area contributed by atoms with Gasteiger partial charge in [-0.25, -0.2) is 0 Å². The lowest BCUT2D eigenvalue weighted by Gasteiger charge is -2.24. The summed E-state index contributed by atoms with van der Waals surface area (Å²) in [5.41, 5.74) is 1.09. The fraction of sp³-hybridized carbons (Fsp3) is 0.250. The van der Waals surface area contributed by atoms with Crippen LogP contribution in [0.5, 0.6) is 5.75 Å². The molecule has 0 N–H and O–H groups in total. The second-order valence-electron chi connectivity index (χ2n) is 6.20. The van der Waals surface area contributed by atoms with E-state index < -0.39 is 6.10 Å². The van der Waals surface area contributed by atoms with E-state index in [0.717, 1.165) is 22.0 Å². The average molecular weight is 353 g/mol. The molecule has 2 aromatic heterocycles. The van der Waals surface area contributed by atoms with Crippen LogP contribution < -0.4 is 4.74 Å². The molecule has 1 atom stereocenters. The highest BCUT2D eigenvalue weighted by molar-refractivity contribution is 7.11. The fourth-order valence-corrected chi connectivity index (χ4v) is 3.99. The number of hydrogen-bond acceptors (Lipinski definition) is 4. The van der Waals surface area contributed by atoms with Crippen LogP contribution in [-0.4, -0.2) is 16.9 Å². The molecule has 0 saturated carbocycles. The van der Waals surface area contributed by atoms with Gasteiger partial charge in [0.25, 0.3) is 5.91 Å². The number of aryl methyl sites for hydroxylation is 1. The maximum atomic E-state index is 13.1. The van der Waals surface area contributed by atoms with Crippen molar-refractivity contribution in [2.75, 3.05) is 0 Å². The number of furan rings is 1. The first-order valence-electron chi connectivity index (χ1n) is 8.30. The minimum absolute atomic E-state index is 0.00125. The molecule has 5 heteroatoms. The standard InChI is InChI=1S/C20H19NO3S/c1-14-8-9-17(25-14)13-21(12-16-6-4-10-23-16)20(22)19-11-15-5-2-3-7-18(15)24-19/h2-10,19H,11-13H2,1H3. The Morgan fingerprint density at radius 2 is 2.04 bits per heavy atom. The van der Waals surface area contributed by atoms with Crippen LogP contribution in [0.4, 0.5) is 0 Å². The molecule has 4 nitrogen and oxygen atoms in total. The molecule has 3 aromatic rings. The molecular formula is C20H19NO3S. The second-order valence-corrected chi connectivity index (χ2v) is 7.58. The van der Waals surface area contributed by atoms with E-state index in [2.05, 4.69) is 19.1 Å². The highest BCUT2D eigenvalue weighted by atomic mass is 32.1. The number of thiophene rings is 1. The van der Waals surface area contributed by atoms with Crippen molar-refractivity contribution in [1.82, 2.24) is 4.90 Å². The lowest BCUT2D eigenvalue weighted by atomic mass is 10.1. The Morgan fingerprint density at radius 1 is 1.16 bits per heavy atom. The van der Waals surface area contributed by atoms with Gasteiger partial charge in [-0.3, -0.25) is 4.79 Å². The summed E-state index contributed by atoms with van der Waals surface area (Å²) in [6.45, 7) is 3.08. The molecule has 1 aliphatic heterocycles. The smallest absolute Gasteiger partial charge is 0.264 e. The fourth-order valence-electron chi connectivity index (χ4n) is 3.08. The number of rotatable bonds is 5. The molecule has 25 heavy (non-hydrogen) atoms. The van der Waals surface area contributed by atoms with Gasteiger partial charge in [-0.2, -0.15) is 0 Å². The number of hydrogen-bond donors (Lipinski definition) is 0. The summed E-state index contributed by atoms with van der Waals surface area (Å²) >= 11 is 1.71. The van der Waals surface area contributed by atoms with Gasteiger partial charge in [-0.15, -0.1) is 11.3 Å². The van der Waals surface area contributed by atoms with Gasteiger partial charge in [0.05, 0.1) is 19.4 Å². The number of nitrogens with zero attached hydrogens (tertiary/aromatic N) is 1. The molecule has 1 unspecified atom stereocenters. The van der Waals surface area contributed by atoms with Crippen molar-refractivity contribution in [2.24, 2.45) is 0 Å². The number of benzene rings is 1. The van der Waals surface area contributed by atoms with Crippen molar-refractivity contribution in [3.8, 4) is 5.75 Å². The Labute approximate surface area is 150 Å². The van der Waals surface area contributed by atoms with Gasteiger partial charge in [0, 0.05) is 16.2 Å². The average Bonchev–Trinajstić information content (AvgIpc) is 3.34. The lowest BCUT2D eigenvalue weighted by molar-refractivity contribution is -0.139. The third-order valence-electron chi connectivity index (χ3n) is 4.30. The molecule has 4 rings (SSSR count). The third kappa shape index (κ3) is 3.46. The van der Waals surface area contributed by atoms with Gasteiger partial charge in [0.2, 0.25) is 0 Å². The first-order valence-corrected chi connectivity index (χ1v) is 9.12. The van der Waals surface area contributed by atoms with E-state index in [1.165, 1.54) is 4.88 Å². The summed E-state index contributed by atoms with van der Waals surface area (Å²) in [4.78, 5) is 17.3. The summed E-state index contributed by atoms with van der Waals surface area (Å²) in [7, 11) is 0. The van der Waals surface area contributed by atoms with Crippen LogP contribution in [-0.2, 0) is 24.3 Å². The molecule has 3 heterocycles. The van der Waals surface area contributed by atoms with Gasteiger partial charge in [0.15, 0.2) is 6.10 Å². The Hall–Kier alpha value is -2.53. The zero-order valence-corrected chi connectivity index (χ0v) is 14.8. The Bertz CT molecular complexity index is 844. The minimum atomic E-state index is -0.464. The van der Waals surface area contributed by atoms with Crippen molar-refractivity contribution in [3.05, 3.63) is 75.9 Å². The molecule has 0 fully saturated rings. The third-order valence-corrected chi connectivity index (χ3v) is 5.29. The molecule has 1 aliphatic rings. The van der Waals surface area contributed by atoms with Crippen LogP contribution in [0.3, 0.4) is 0 Å². The first kappa shape index (κ1) is 16.0. The Balaban J connectivity index is 1.53. The molecular weight excluding hydrogens is 334 g/mol. The quantitative estimate of drug-likeness (QED) is 0.691. The van der Waals surface area contributed by atoms with Crippen molar-refractivity contribution in [2.45, 2.75) is 32.5 Å². The summed E-state index contributed by atoms with van der Waals surface area (Å²) in [5.74, 6) is 1.58. The number of amides is 1. The number of carbonyl (C=O) groups excluding carboxylic acids is 1. The number of ether oxygens (including phenoxy) is 1. The molecule has 1 amide bonds. The van der Waals surface area contributed by atoms with Crippen LogP contribution in [0.25, 0.3) is 0 Å². The predicted molar refractivity (Wildman–Crippen MR) is 96.6 cm³/mol. The summed E-state index contributed by atoms with van der Waals surface area (Å²) in [6.07, 6.45) is 1.79. The molecule has 0 radical (unpaired) electrons. The van der Waals surface area contributed by atoms with E-state index >= 15 is 0 Å². The molecule has 128 valence electrons. The normalized spacial score (nSPS) is 15.6.